The van der Waals surface area contributed by atoms with Crippen molar-refractivity contribution in [2.45, 2.75) is 32.6 Å². The summed E-state index contributed by atoms with van der Waals surface area (Å²) >= 11 is 0. The van der Waals surface area contributed by atoms with E-state index in [1.165, 1.54) is 5.56 Å². The number of hydrogen-bond donors (Lipinski definition) is 1. The van der Waals surface area contributed by atoms with Crippen molar-refractivity contribution in [1.29, 1.82) is 0 Å². The summed E-state index contributed by atoms with van der Waals surface area (Å²) in [6, 6.07) is 8.25. The maximum absolute atomic E-state index is 12.9. The minimum atomic E-state index is 0.0866. The fourth-order valence-electron chi connectivity index (χ4n) is 3.62. The zero-order valence-corrected chi connectivity index (χ0v) is 12.2. The number of fused-ring (bicyclic) bond motifs is 2. The lowest BCUT2D eigenvalue weighted by Gasteiger charge is -2.26. The number of H-pyrrole nitrogens is 1. The maximum Gasteiger partial charge on any atom is 0.230 e. The molecule has 1 atom stereocenters. The highest BCUT2D eigenvalue weighted by molar-refractivity contribution is 5.97. The third-order valence-electron chi connectivity index (χ3n) is 4.67. The number of para-hydroxylation sites is 1. The zero-order valence-electron chi connectivity index (χ0n) is 12.2. The number of imidazole rings is 1. The Kier molecular flexibility index (Phi) is 2.84. The molecule has 0 radical (unpaired) electrons. The first kappa shape index (κ1) is 12.6. The van der Waals surface area contributed by atoms with Crippen molar-refractivity contribution in [3.63, 3.8) is 0 Å². The molecule has 1 aliphatic heterocycles. The number of benzene rings is 1. The quantitative estimate of drug-likeness (QED) is 0.872. The molecule has 0 fully saturated rings. The van der Waals surface area contributed by atoms with Crippen LogP contribution in [0.1, 0.15) is 29.2 Å². The highest BCUT2D eigenvalue weighted by Crippen LogP contribution is 2.32. The smallest absolute Gasteiger partial charge is 0.230 e. The van der Waals surface area contributed by atoms with E-state index < -0.39 is 0 Å². The Hall–Kier alpha value is -2.10. The Morgan fingerprint density at radius 3 is 3.10 bits per heavy atom. The summed E-state index contributed by atoms with van der Waals surface area (Å²) in [5, 5.41) is 0. The number of carbonyl (C=O) groups is 1. The summed E-state index contributed by atoms with van der Waals surface area (Å²) in [7, 11) is 0. The van der Waals surface area contributed by atoms with E-state index in [4.69, 9.17) is 0 Å². The van der Waals surface area contributed by atoms with Crippen molar-refractivity contribution in [1.82, 2.24) is 9.97 Å². The molecule has 4 nitrogen and oxygen atoms in total. The lowest BCUT2D eigenvalue weighted by atomic mass is 9.88. The van der Waals surface area contributed by atoms with E-state index in [1.807, 2.05) is 24.0 Å². The summed E-state index contributed by atoms with van der Waals surface area (Å²) in [5.74, 6) is 1.32. The molecule has 2 aliphatic rings. The van der Waals surface area contributed by atoms with Gasteiger partial charge in [-0.25, -0.2) is 4.98 Å². The number of amides is 1. The predicted molar refractivity (Wildman–Crippen MR) is 81.3 cm³/mol. The molecule has 1 aliphatic carbocycles. The van der Waals surface area contributed by atoms with Gasteiger partial charge in [0, 0.05) is 30.3 Å². The van der Waals surface area contributed by atoms with Crippen LogP contribution in [0, 0.1) is 12.8 Å². The van der Waals surface area contributed by atoms with Crippen molar-refractivity contribution in [2.24, 2.45) is 5.92 Å². The highest BCUT2D eigenvalue weighted by Gasteiger charge is 2.33. The van der Waals surface area contributed by atoms with Gasteiger partial charge in [0.15, 0.2) is 0 Å². The van der Waals surface area contributed by atoms with Crippen LogP contribution in [0.15, 0.2) is 24.3 Å². The monoisotopic (exact) mass is 281 g/mol. The number of aromatic nitrogens is 2. The van der Waals surface area contributed by atoms with Crippen LogP contribution in [0.3, 0.4) is 0 Å². The lowest BCUT2D eigenvalue weighted by molar-refractivity contribution is -0.122. The Balaban J connectivity index is 1.57. The number of nitrogens with one attached hydrogen (secondary N) is 1. The van der Waals surface area contributed by atoms with Gasteiger partial charge in [-0.1, -0.05) is 18.2 Å². The standard InChI is InChI=1S/C17H19N3O/c1-11-18-14-7-6-13(10-15(14)19-11)17(21)20-9-8-12-4-2-3-5-16(12)20/h2-5,13H,6-10H2,1H3,(H,18,19)/t13-/m1/s1. The van der Waals surface area contributed by atoms with E-state index >= 15 is 0 Å². The van der Waals surface area contributed by atoms with Gasteiger partial charge in [-0.05, 0) is 37.8 Å². The molecule has 4 heteroatoms. The molecule has 0 saturated heterocycles. The Labute approximate surface area is 124 Å². The van der Waals surface area contributed by atoms with Crippen LogP contribution in [0.5, 0.6) is 0 Å². The predicted octanol–water partition coefficient (Wildman–Crippen LogP) is 2.41. The molecule has 4 rings (SSSR count). The van der Waals surface area contributed by atoms with E-state index in [1.54, 1.807) is 0 Å². The van der Waals surface area contributed by atoms with Crippen molar-refractivity contribution < 1.29 is 4.79 Å². The second-order valence-electron chi connectivity index (χ2n) is 6.06. The van der Waals surface area contributed by atoms with Crippen LogP contribution in [0.25, 0.3) is 0 Å². The second-order valence-corrected chi connectivity index (χ2v) is 6.06. The number of carbonyl (C=O) groups excluding carboxylic acids is 1. The van der Waals surface area contributed by atoms with E-state index in [9.17, 15) is 4.79 Å². The summed E-state index contributed by atoms with van der Waals surface area (Å²) in [5.41, 5.74) is 4.71. The van der Waals surface area contributed by atoms with Gasteiger partial charge in [0.1, 0.15) is 5.82 Å². The van der Waals surface area contributed by atoms with Crippen LogP contribution >= 0.6 is 0 Å². The summed E-state index contributed by atoms with van der Waals surface area (Å²) in [4.78, 5) is 22.7. The molecule has 21 heavy (non-hydrogen) atoms. The van der Waals surface area contributed by atoms with E-state index in [2.05, 4.69) is 22.1 Å². The van der Waals surface area contributed by atoms with Crippen molar-refractivity contribution in [3.05, 3.63) is 47.0 Å². The molecular formula is C17H19N3O. The maximum atomic E-state index is 12.9. The van der Waals surface area contributed by atoms with Gasteiger partial charge in [0.05, 0.1) is 5.69 Å². The molecule has 2 heterocycles. The summed E-state index contributed by atoms with van der Waals surface area (Å²) in [6.07, 6.45) is 3.59. The molecule has 108 valence electrons. The third-order valence-corrected chi connectivity index (χ3v) is 4.67. The van der Waals surface area contributed by atoms with Gasteiger partial charge in [-0.15, -0.1) is 0 Å². The SMILES string of the molecule is Cc1nc2c([nH]1)C[C@H](C(=O)N1CCc3ccccc31)CC2. The molecular weight excluding hydrogens is 262 g/mol. The molecule has 2 aromatic rings. The van der Waals surface area contributed by atoms with Crippen molar-refractivity contribution in [3.8, 4) is 0 Å². The Morgan fingerprint density at radius 1 is 1.33 bits per heavy atom. The van der Waals surface area contributed by atoms with Crippen LogP contribution in [0.2, 0.25) is 0 Å². The number of anilines is 1. The molecule has 0 saturated carbocycles. The largest absolute Gasteiger partial charge is 0.346 e. The number of rotatable bonds is 1. The molecule has 1 aromatic carbocycles. The lowest BCUT2D eigenvalue weighted by Crippen LogP contribution is -2.37. The molecule has 0 bridgehead atoms. The topological polar surface area (TPSA) is 49.0 Å². The molecule has 1 N–H and O–H groups in total. The van der Waals surface area contributed by atoms with Gasteiger partial charge >= 0.3 is 0 Å². The van der Waals surface area contributed by atoms with Crippen LogP contribution in [-0.4, -0.2) is 22.4 Å². The van der Waals surface area contributed by atoms with Crippen LogP contribution < -0.4 is 4.90 Å². The van der Waals surface area contributed by atoms with Crippen LogP contribution in [-0.2, 0) is 24.1 Å². The van der Waals surface area contributed by atoms with E-state index in [-0.39, 0.29) is 11.8 Å². The number of nitrogens with zero attached hydrogens (tertiary/aromatic N) is 2. The highest BCUT2D eigenvalue weighted by atomic mass is 16.2. The summed E-state index contributed by atoms with van der Waals surface area (Å²) < 4.78 is 0. The Bertz CT molecular complexity index is 704. The minimum absolute atomic E-state index is 0.0866. The van der Waals surface area contributed by atoms with Crippen molar-refractivity contribution >= 4 is 11.6 Å². The summed E-state index contributed by atoms with van der Waals surface area (Å²) in [6.45, 7) is 2.80. The second kappa shape index (κ2) is 4.72. The van der Waals surface area contributed by atoms with Gasteiger partial charge in [-0.3, -0.25) is 4.79 Å². The van der Waals surface area contributed by atoms with Gasteiger partial charge < -0.3 is 9.88 Å². The van der Waals surface area contributed by atoms with Gasteiger partial charge in [0.25, 0.3) is 0 Å². The number of hydrogen-bond acceptors (Lipinski definition) is 2. The van der Waals surface area contributed by atoms with Gasteiger partial charge in [-0.2, -0.15) is 0 Å². The molecule has 0 spiro atoms. The Morgan fingerprint density at radius 2 is 2.19 bits per heavy atom. The van der Waals surface area contributed by atoms with E-state index in [0.29, 0.717) is 0 Å². The first-order valence-electron chi connectivity index (χ1n) is 7.66. The van der Waals surface area contributed by atoms with Gasteiger partial charge in [0.2, 0.25) is 5.91 Å². The molecule has 1 aromatic heterocycles. The number of aryl methyl sites for hydroxylation is 2. The normalized spacial score (nSPS) is 20.2. The number of aromatic amines is 1. The fraction of sp³-hybridized carbons (Fsp3) is 0.412. The first-order valence-corrected chi connectivity index (χ1v) is 7.66. The zero-order chi connectivity index (χ0) is 14.4. The van der Waals surface area contributed by atoms with Crippen molar-refractivity contribution in [2.75, 3.05) is 11.4 Å². The fourth-order valence-corrected chi connectivity index (χ4v) is 3.62. The average Bonchev–Trinajstić information content (AvgIpc) is 3.07. The molecule has 0 unspecified atom stereocenters. The molecule has 1 amide bonds. The van der Waals surface area contributed by atoms with Crippen LogP contribution in [0.4, 0.5) is 5.69 Å². The first-order chi connectivity index (χ1) is 10.2. The third kappa shape index (κ3) is 2.06. The minimum Gasteiger partial charge on any atom is -0.346 e. The average molecular weight is 281 g/mol. The van der Waals surface area contributed by atoms with E-state index in [0.717, 1.165) is 55.1 Å².